The SMILES string of the molecule is COc1c(C)c2c(c(NC(=O)Nc3ccccc3)c1C/C=C(\C)CCC(=O)OCCN1CCNC1)C(=O)OC2. The minimum Gasteiger partial charge on any atom is -0.496 e. The third-order valence-electron chi connectivity index (χ3n) is 6.94. The highest BCUT2D eigenvalue weighted by Gasteiger charge is 2.32. The molecule has 208 valence electrons. The zero-order valence-corrected chi connectivity index (χ0v) is 22.7. The van der Waals surface area contributed by atoms with Crippen molar-refractivity contribution in [3.05, 3.63) is 64.2 Å². The van der Waals surface area contributed by atoms with Gasteiger partial charge in [-0.15, -0.1) is 0 Å². The molecule has 0 bridgehead atoms. The number of rotatable bonds is 11. The number of cyclic esters (lactones) is 1. The predicted molar refractivity (Wildman–Crippen MR) is 148 cm³/mol. The lowest BCUT2D eigenvalue weighted by atomic mass is 9.93. The van der Waals surface area contributed by atoms with Gasteiger partial charge in [-0.25, -0.2) is 9.59 Å². The van der Waals surface area contributed by atoms with E-state index in [9.17, 15) is 14.4 Å². The van der Waals surface area contributed by atoms with E-state index in [0.717, 1.165) is 37.4 Å². The first-order valence-corrected chi connectivity index (χ1v) is 13.1. The maximum Gasteiger partial charge on any atom is 0.341 e. The van der Waals surface area contributed by atoms with Crippen LogP contribution in [0.3, 0.4) is 0 Å². The molecule has 2 aromatic carbocycles. The lowest BCUT2D eigenvalue weighted by Crippen LogP contribution is -2.27. The molecule has 0 aliphatic carbocycles. The summed E-state index contributed by atoms with van der Waals surface area (Å²) < 4.78 is 16.4. The minimum atomic E-state index is -0.486. The van der Waals surface area contributed by atoms with E-state index in [4.69, 9.17) is 14.2 Å². The Morgan fingerprint density at radius 2 is 1.97 bits per heavy atom. The zero-order valence-electron chi connectivity index (χ0n) is 22.7. The van der Waals surface area contributed by atoms with Crippen molar-refractivity contribution in [2.75, 3.05) is 50.7 Å². The molecule has 4 rings (SSSR count). The van der Waals surface area contributed by atoms with Crippen LogP contribution in [-0.2, 0) is 27.3 Å². The molecule has 0 atom stereocenters. The van der Waals surface area contributed by atoms with Gasteiger partial charge in [-0.2, -0.15) is 0 Å². The van der Waals surface area contributed by atoms with Crippen molar-refractivity contribution >= 4 is 29.3 Å². The minimum absolute atomic E-state index is 0.122. The van der Waals surface area contributed by atoms with Gasteiger partial charge in [0, 0.05) is 49.5 Å². The summed E-state index contributed by atoms with van der Waals surface area (Å²) in [5.74, 6) is -0.134. The lowest BCUT2D eigenvalue weighted by molar-refractivity contribution is -0.143. The smallest absolute Gasteiger partial charge is 0.341 e. The van der Waals surface area contributed by atoms with Crippen LogP contribution in [0.15, 0.2) is 42.0 Å². The van der Waals surface area contributed by atoms with Crippen LogP contribution in [0.4, 0.5) is 16.2 Å². The molecule has 0 spiro atoms. The zero-order chi connectivity index (χ0) is 27.8. The van der Waals surface area contributed by atoms with Gasteiger partial charge in [0.15, 0.2) is 0 Å². The first-order chi connectivity index (χ1) is 18.9. The van der Waals surface area contributed by atoms with Gasteiger partial charge in [-0.3, -0.25) is 9.69 Å². The third kappa shape index (κ3) is 7.15. The van der Waals surface area contributed by atoms with Crippen molar-refractivity contribution in [2.24, 2.45) is 0 Å². The van der Waals surface area contributed by atoms with E-state index >= 15 is 0 Å². The van der Waals surface area contributed by atoms with Gasteiger partial charge in [0.25, 0.3) is 0 Å². The van der Waals surface area contributed by atoms with Gasteiger partial charge in [-0.1, -0.05) is 29.8 Å². The summed E-state index contributed by atoms with van der Waals surface area (Å²) in [5.41, 5.74) is 4.47. The highest BCUT2D eigenvalue weighted by Crippen LogP contribution is 2.41. The highest BCUT2D eigenvalue weighted by atomic mass is 16.5. The Morgan fingerprint density at radius 3 is 2.69 bits per heavy atom. The quantitative estimate of drug-likeness (QED) is 0.291. The number of hydrogen-bond donors (Lipinski definition) is 3. The highest BCUT2D eigenvalue weighted by molar-refractivity contribution is 6.08. The number of nitrogens with zero attached hydrogens (tertiary/aromatic N) is 1. The van der Waals surface area contributed by atoms with Crippen LogP contribution >= 0.6 is 0 Å². The summed E-state index contributed by atoms with van der Waals surface area (Å²) >= 11 is 0. The number of allylic oxidation sites excluding steroid dienone is 2. The van der Waals surface area contributed by atoms with Crippen LogP contribution in [0.2, 0.25) is 0 Å². The summed E-state index contributed by atoms with van der Waals surface area (Å²) in [6.07, 6.45) is 3.18. The van der Waals surface area contributed by atoms with Gasteiger partial charge >= 0.3 is 18.0 Å². The number of nitrogens with one attached hydrogen (secondary N) is 3. The summed E-state index contributed by atoms with van der Waals surface area (Å²) in [7, 11) is 1.56. The Morgan fingerprint density at radius 1 is 1.18 bits per heavy atom. The van der Waals surface area contributed by atoms with E-state index in [1.165, 1.54) is 0 Å². The maximum atomic E-state index is 12.9. The molecule has 3 N–H and O–H groups in total. The lowest BCUT2D eigenvalue weighted by Gasteiger charge is -2.20. The molecule has 10 nitrogen and oxygen atoms in total. The van der Waals surface area contributed by atoms with Crippen molar-refractivity contribution in [1.82, 2.24) is 10.2 Å². The standard InChI is InChI=1S/C29H36N4O6/c1-19(10-12-24(34)38-16-15-33-14-13-30-18-33)9-11-22-26(32-29(36)31-21-7-5-4-6-8-21)25-23(17-39-28(25)35)20(2)27(22)37-3/h4-9,30H,10-18H2,1-3H3,(H2,31,32,36)/b19-9+. The number of para-hydroxylation sites is 1. The molecule has 2 aliphatic heterocycles. The normalized spacial score (nSPS) is 15.1. The number of amides is 2. The van der Waals surface area contributed by atoms with E-state index in [0.29, 0.717) is 53.3 Å². The monoisotopic (exact) mass is 536 g/mol. The average molecular weight is 537 g/mol. The van der Waals surface area contributed by atoms with Gasteiger partial charge in [0.2, 0.25) is 0 Å². The van der Waals surface area contributed by atoms with Gasteiger partial charge < -0.3 is 30.2 Å². The van der Waals surface area contributed by atoms with Gasteiger partial charge in [0.1, 0.15) is 19.0 Å². The van der Waals surface area contributed by atoms with Crippen LogP contribution in [0, 0.1) is 6.92 Å². The molecule has 2 aliphatic rings. The number of carbonyl (C=O) groups excluding carboxylic acids is 3. The van der Waals surface area contributed by atoms with E-state index in [1.807, 2.05) is 38.1 Å². The topological polar surface area (TPSA) is 118 Å². The molecular weight excluding hydrogens is 500 g/mol. The second kappa shape index (κ2) is 13.3. The van der Waals surface area contributed by atoms with Crippen molar-refractivity contribution in [3.63, 3.8) is 0 Å². The molecule has 10 heteroatoms. The fourth-order valence-electron chi connectivity index (χ4n) is 4.77. The van der Waals surface area contributed by atoms with Crippen molar-refractivity contribution in [1.29, 1.82) is 0 Å². The molecular formula is C29H36N4O6. The summed E-state index contributed by atoms with van der Waals surface area (Å²) in [4.78, 5) is 40.1. The number of fused-ring (bicyclic) bond motifs is 1. The molecule has 2 aromatic rings. The molecule has 0 radical (unpaired) electrons. The van der Waals surface area contributed by atoms with Gasteiger partial charge in [-0.05, 0) is 44.4 Å². The predicted octanol–water partition coefficient (Wildman–Crippen LogP) is 3.99. The Hall–Kier alpha value is -3.89. The molecule has 2 heterocycles. The van der Waals surface area contributed by atoms with Crippen molar-refractivity contribution in [3.8, 4) is 5.75 Å². The van der Waals surface area contributed by atoms with Gasteiger partial charge in [0.05, 0.1) is 18.4 Å². The second-order valence-electron chi connectivity index (χ2n) is 9.64. The Kier molecular flexibility index (Phi) is 9.56. The van der Waals surface area contributed by atoms with Crippen molar-refractivity contribution < 1.29 is 28.6 Å². The van der Waals surface area contributed by atoms with E-state index in [-0.39, 0.29) is 19.0 Å². The summed E-state index contributed by atoms with van der Waals surface area (Å²) in [6, 6.07) is 8.56. The molecule has 0 aromatic heterocycles. The second-order valence-corrected chi connectivity index (χ2v) is 9.64. The number of carbonyl (C=O) groups is 3. The Bertz CT molecular complexity index is 1240. The number of anilines is 2. The third-order valence-corrected chi connectivity index (χ3v) is 6.94. The van der Waals surface area contributed by atoms with Crippen LogP contribution in [-0.4, -0.2) is 62.9 Å². The molecule has 2 amide bonds. The number of esters is 2. The fraction of sp³-hybridized carbons (Fsp3) is 0.414. The number of hydrogen-bond acceptors (Lipinski definition) is 8. The number of urea groups is 1. The summed E-state index contributed by atoms with van der Waals surface area (Å²) in [5, 5.41) is 8.91. The van der Waals surface area contributed by atoms with E-state index < -0.39 is 12.0 Å². The number of ether oxygens (including phenoxy) is 3. The van der Waals surface area contributed by atoms with Crippen LogP contribution in [0.5, 0.6) is 5.75 Å². The first kappa shape index (κ1) is 28.1. The van der Waals surface area contributed by atoms with Crippen LogP contribution in [0.25, 0.3) is 0 Å². The molecule has 1 fully saturated rings. The molecule has 0 unspecified atom stereocenters. The average Bonchev–Trinajstić information content (AvgIpc) is 3.58. The number of benzene rings is 2. The Balaban J connectivity index is 1.47. The molecule has 1 saturated heterocycles. The van der Waals surface area contributed by atoms with Crippen molar-refractivity contribution in [2.45, 2.75) is 39.7 Å². The Labute approximate surface area is 228 Å². The molecule has 0 saturated carbocycles. The maximum absolute atomic E-state index is 12.9. The first-order valence-electron chi connectivity index (χ1n) is 13.1. The fourth-order valence-corrected chi connectivity index (χ4v) is 4.77. The largest absolute Gasteiger partial charge is 0.496 e. The van der Waals surface area contributed by atoms with Crippen LogP contribution < -0.4 is 20.7 Å². The molecule has 39 heavy (non-hydrogen) atoms. The number of methoxy groups -OCH3 is 1. The van der Waals surface area contributed by atoms with Crippen LogP contribution in [0.1, 0.15) is 46.8 Å². The summed E-state index contributed by atoms with van der Waals surface area (Å²) in [6.45, 7) is 7.80. The van der Waals surface area contributed by atoms with E-state index in [2.05, 4.69) is 20.9 Å². The van der Waals surface area contributed by atoms with E-state index in [1.54, 1.807) is 19.2 Å².